The third kappa shape index (κ3) is 6.28. The maximum atomic E-state index is 12.5. The summed E-state index contributed by atoms with van der Waals surface area (Å²) in [6.07, 6.45) is 5.48. The minimum Gasteiger partial charge on any atom is -0.378 e. The van der Waals surface area contributed by atoms with Crippen molar-refractivity contribution in [3.05, 3.63) is 48.5 Å². The van der Waals surface area contributed by atoms with E-state index in [2.05, 4.69) is 26.3 Å². The Morgan fingerprint density at radius 1 is 1.23 bits per heavy atom. The number of para-hydroxylation sites is 1. The lowest BCUT2D eigenvalue weighted by molar-refractivity contribution is 0.0904. The largest absolute Gasteiger partial charge is 0.378 e. The fourth-order valence-corrected chi connectivity index (χ4v) is 4.80. The van der Waals surface area contributed by atoms with Crippen molar-refractivity contribution in [2.24, 2.45) is 4.99 Å². The van der Waals surface area contributed by atoms with Gasteiger partial charge in [0.15, 0.2) is 5.96 Å². The molecule has 2 heterocycles. The highest BCUT2D eigenvalue weighted by molar-refractivity contribution is 7.89. The van der Waals surface area contributed by atoms with Crippen LogP contribution < -0.4 is 5.32 Å². The van der Waals surface area contributed by atoms with Crippen LogP contribution in [0, 0.1) is 0 Å². The molecular weight excluding hydrogens is 416 g/mol. The van der Waals surface area contributed by atoms with Crippen LogP contribution in [0.4, 0.5) is 0 Å². The first-order valence-corrected chi connectivity index (χ1v) is 12.1. The Labute approximate surface area is 184 Å². The molecule has 0 saturated carbocycles. The van der Waals surface area contributed by atoms with E-state index in [1.165, 1.54) is 0 Å². The minimum absolute atomic E-state index is 0.0171. The maximum absolute atomic E-state index is 12.5. The van der Waals surface area contributed by atoms with Crippen molar-refractivity contribution in [2.45, 2.75) is 26.5 Å². The summed E-state index contributed by atoms with van der Waals surface area (Å²) in [7, 11) is -1.56. The lowest BCUT2D eigenvalue weighted by Crippen LogP contribution is -2.54. The van der Waals surface area contributed by atoms with Gasteiger partial charge in [-0.2, -0.15) is 4.31 Å². The number of aromatic nitrogens is 2. The van der Waals surface area contributed by atoms with Crippen LogP contribution in [0.25, 0.3) is 5.69 Å². The molecule has 0 radical (unpaired) electrons. The summed E-state index contributed by atoms with van der Waals surface area (Å²) in [4.78, 5) is 10.6. The standard InChI is InChI=1S/C21H32N6O3S/c1-18(2)30-14-15-31(28,29)27-12-10-25(11-13-27)21(22-3)24-16-19-6-4-5-7-20(19)26-9-8-23-17-26/h4-9,17-18H,10-16H2,1-3H3,(H,22,24). The third-order valence-corrected chi connectivity index (χ3v) is 6.98. The van der Waals surface area contributed by atoms with Gasteiger partial charge in [0.05, 0.1) is 30.5 Å². The molecule has 0 spiro atoms. The fourth-order valence-electron chi connectivity index (χ4n) is 3.52. The summed E-state index contributed by atoms with van der Waals surface area (Å²) < 4.78 is 34.0. The summed E-state index contributed by atoms with van der Waals surface area (Å²) in [5, 5.41) is 3.41. The van der Waals surface area contributed by atoms with Crippen molar-refractivity contribution in [1.29, 1.82) is 0 Å². The van der Waals surface area contributed by atoms with E-state index in [-0.39, 0.29) is 18.5 Å². The van der Waals surface area contributed by atoms with E-state index < -0.39 is 10.0 Å². The molecular formula is C21H32N6O3S. The zero-order valence-corrected chi connectivity index (χ0v) is 19.3. The van der Waals surface area contributed by atoms with Crippen molar-refractivity contribution in [3.8, 4) is 5.69 Å². The Kier molecular flexibility index (Phi) is 8.05. The van der Waals surface area contributed by atoms with Gasteiger partial charge in [-0.25, -0.2) is 13.4 Å². The van der Waals surface area contributed by atoms with Crippen LogP contribution in [0.1, 0.15) is 19.4 Å². The molecule has 1 fully saturated rings. The Morgan fingerprint density at radius 2 is 1.97 bits per heavy atom. The quantitative estimate of drug-likeness (QED) is 0.484. The molecule has 1 aliphatic heterocycles. The molecule has 1 aromatic carbocycles. The van der Waals surface area contributed by atoms with E-state index in [1.807, 2.05) is 42.8 Å². The van der Waals surface area contributed by atoms with Crippen molar-refractivity contribution >= 4 is 16.0 Å². The molecule has 0 aliphatic carbocycles. The zero-order chi connectivity index (χ0) is 22.3. The summed E-state index contributed by atoms with van der Waals surface area (Å²) in [5.41, 5.74) is 2.18. The first kappa shape index (κ1) is 23.2. The smallest absolute Gasteiger partial charge is 0.216 e. The molecule has 2 aromatic rings. The molecule has 0 unspecified atom stereocenters. The van der Waals surface area contributed by atoms with Gasteiger partial charge >= 0.3 is 0 Å². The average molecular weight is 449 g/mol. The molecule has 3 rings (SSSR count). The van der Waals surface area contributed by atoms with E-state index in [0.29, 0.717) is 32.7 Å². The fraction of sp³-hybridized carbons (Fsp3) is 0.524. The average Bonchev–Trinajstić information content (AvgIpc) is 3.29. The van der Waals surface area contributed by atoms with Gasteiger partial charge in [0.25, 0.3) is 0 Å². The van der Waals surface area contributed by atoms with Crippen molar-refractivity contribution < 1.29 is 13.2 Å². The Morgan fingerprint density at radius 3 is 2.61 bits per heavy atom. The van der Waals surface area contributed by atoms with Gasteiger partial charge in [-0.05, 0) is 25.5 Å². The highest BCUT2D eigenvalue weighted by atomic mass is 32.2. The lowest BCUT2D eigenvalue weighted by Gasteiger charge is -2.36. The van der Waals surface area contributed by atoms with E-state index in [1.54, 1.807) is 23.9 Å². The van der Waals surface area contributed by atoms with Gasteiger partial charge in [-0.15, -0.1) is 0 Å². The number of piperazine rings is 1. The molecule has 0 atom stereocenters. The number of rotatable bonds is 8. The number of ether oxygens (including phenoxy) is 1. The van der Waals surface area contributed by atoms with E-state index in [0.717, 1.165) is 17.2 Å². The van der Waals surface area contributed by atoms with Crippen LogP contribution >= 0.6 is 0 Å². The number of benzene rings is 1. The van der Waals surface area contributed by atoms with Crippen LogP contribution in [0.3, 0.4) is 0 Å². The molecule has 0 amide bonds. The van der Waals surface area contributed by atoms with E-state index >= 15 is 0 Å². The third-order valence-electron chi connectivity index (χ3n) is 5.15. The van der Waals surface area contributed by atoms with Gasteiger partial charge < -0.3 is 19.5 Å². The minimum atomic E-state index is -3.31. The molecule has 10 heteroatoms. The van der Waals surface area contributed by atoms with Crippen LogP contribution in [0.2, 0.25) is 0 Å². The first-order valence-electron chi connectivity index (χ1n) is 10.5. The monoisotopic (exact) mass is 448 g/mol. The van der Waals surface area contributed by atoms with Crippen LogP contribution in [0.5, 0.6) is 0 Å². The molecule has 1 saturated heterocycles. The van der Waals surface area contributed by atoms with Gasteiger partial charge in [-0.3, -0.25) is 4.99 Å². The normalized spacial score (nSPS) is 16.1. The van der Waals surface area contributed by atoms with Crippen molar-refractivity contribution in [1.82, 2.24) is 24.1 Å². The van der Waals surface area contributed by atoms with Crippen molar-refractivity contribution in [2.75, 3.05) is 45.6 Å². The Hall–Kier alpha value is -2.43. The van der Waals surface area contributed by atoms with E-state index in [9.17, 15) is 8.42 Å². The molecule has 0 bridgehead atoms. The predicted octanol–water partition coefficient (Wildman–Crippen LogP) is 1.32. The lowest BCUT2D eigenvalue weighted by atomic mass is 10.1. The van der Waals surface area contributed by atoms with Gasteiger partial charge in [0.1, 0.15) is 0 Å². The molecule has 170 valence electrons. The summed E-state index contributed by atoms with van der Waals surface area (Å²) >= 11 is 0. The van der Waals surface area contributed by atoms with Crippen LogP contribution in [0.15, 0.2) is 48.0 Å². The molecule has 1 aliphatic rings. The number of sulfonamides is 1. The SMILES string of the molecule is CN=C(NCc1ccccc1-n1ccnc1)N1CCN(S(=O)(=O)CCOC(C)C)CC1. The molecule has 9 nitrogen and oxygen atoms in total. The number of hydrogen-bond donors (Lipinski definition) is 1. The predicted molar refractivity (Wildman–Crippen MR) is 122 cm³/mol. The highest BCUT2D eigenvalue weighted by Gasteiger charge is 2.28. The molecule has 1 aromatic heterocycles. The summed E-state index contributed by atoms with van der Waals surface area (Å²) in [6.45, 7) is 6.69. The van der Waals surface area contributed by atoms with Gasteiger partial charge in [0.2, 0.25) is 10.0 Å². The van der Waals surface area contributed by atoms with Gasteiger partial charge in [-0.1, -0.05) is 18.2 Å². The number of nitrogens with zero attached hydrogens (tertiary/aromatic N) is 5. The second-order valence-electron chi connectivity index (χ2n) is 7.62. The first-order chi connectivity index (χ1) is 14.9. The Balaban J connectivity index is 1.55. The number of imidazole rings is 1. The maximum Gasteiger partial charge on any atom is 0.216 e. The Bertz CT molecular complexity index is 951. The van der Waals surface area contributed by atoms with Crippen molar-refractivity contribution in [3.63, 3.8) is 0 Å². The number of nitrogens with one attached hydrogen (secondary N) is 1. The summed E-state index contributed by atoms with van der Waals surface area (Å²) in [5.74, 6) is 0.782. The second kappa shape index (κ2) is 10.7. The number of aliphatic imine (C=N–C) groups is 1. The number of guanidine groups is 1. The van der Waals surface area contributed by atoms with E-state index in [4.69, 9.17) is 4.74 Å². The number of hydrogen-bond acceptors (Lipinski definition) is 5. The highest BCUT2D eigenvalue weighted by Crippen LogP contribution is 2.14. The molecule has 31 heavy (non-hydrogen) atoms. The zero-order valence-electron chi connectivity index (χ0n) is 18.4. The van der Waals surface area contributed by atoms with Gasteiger partial charge in [0, 0.05) is 52.2 Å². The van der Waals surface area contributed by atoms with Crippen LogP contribution in [-0.2, 0) is 21.3 Å². The topological polar surface area (TPSA) is 92.1 Å². The molecule has 1 N–H and O–H groups in total. The second-order valence-corrected chi connectivity index (χ2v) is 9.71. The van der Waals surface area contributed by atoms with Crippen LogP contribution in [-0.4, -0.2) is 84.8 Å². The summed E-state index contributed by atoms with van der Waals surface area (Å²) in [6, 6.07) is 8.12.